The van der Waals surface area contributed by atoms with E-state index in [1.165, 1.54) is 4.88 Å². The highest BCUT2D eigenvalue weighted by atomic mass is 32.1. The molecule has 0 fully saturated rings. The lowest BCUT2D eigenvalue weighted by atomic mass is 10.3. The minimum absolute atomic E-state index is 0.655. The molecule has 0 atom stereocenters. The van der Waals surface area contributed by atoms with Gasteiger partial charge in [-0.3, -0.25) is 0 Å². The molecule has 4 nitrogen and oxygen atoms in total. The van der Waals surface area contributed by atoms with Crippen LogP contribution in [0.15, 0.2) is 22.0 Å². The lowest BCUT2D eigenvalue weighted by Gasteiger charge is -1.91. The normalized spacial score (nSPS) is 10.7. The van der Waals surface area contributed by atoms with Crippen LogP contribution in [0.4, 0.5) is 0 Å². The van der Waals surface area contributed by atoms with Gasteiger partial charge in [0, 0.05) is 11.3 Å². The summed E-state index contributed by atoms with van der Waals surface area (Å²) in [4.78, 5) is 5.61. The van der Waals surface area contributed by atoms with E-state index in [9.17, 15) is 0 Å². The monoisotopic (exact) mass is 223 g/mol. The van der Waals surface area contributed by atoms with Crippen molar-refractivity contribution in [1.82, 2.24) is 15.5 Å². The second-order valence-electron chi connectivity index (χ2n) is 3.21. The van der Waals surface area contributed by atoms with Gasteiger partial charge in [-0.1, -0.05) is 11.2 Å². The van der Waals surface area contributed by atoms with Gasteiger partial charge in [-0.15, -0.1) is 11.3 Å². The minimum atomic E-state index is 0.655. The van der Waals surface area contributed by atoms with Crippen molar-refractivity contribution in [3.8, 4) is 0 Å². The molecule has 2 rings (SSSR count). The largest absolute Gasteiger partial charge is 0.339 e. The number of thiophene rings is 1. The van der Waals surface area contributed by atoms with E-state index >= 15 is 0 Å². The summed E-state index contributed by atoms with van der Waals surface area (Å²) in [5.41, 5.74) is 0. The van der Waals surface area contributed by atoms with Crippen LogP contribution in [-0.2, 0) is 19.4 Å². The van der Waals surface area contributed by atoms with Crippen LogP contribution in [0, 0.1) is 0 Å². The SMILES string of the molecule is CNCc1noc(CCc2cccs2)n1. The third-order valence-electron chi connectivity index (χ3n) is 2.01. The molecule has 0 saturated carbocycles. The Morgan fingerprint density at radius 3 is 3.13 bits per heavy atom. The molecule has 0 radical (unpaired) electrons. The van der Waals surface area contributed by atoms with E-state index in [0.29, 0.717) is 12.4 Å². The molecule has 0 aliphatic carbocycles. The first kappa shape index (κ1) is 10.3. The van der Waals surface area contributed by atoms with Gasteiger partial charge in [0.05, 0.1) is 6.54 Å². The fraction of sp³-hybridized carbons (Fsp3) is 0.400. The lowest BCUT2D eigenvalue weighted by Crippen LogP contribution is -2.06. The Labute approximate surface area is 92.3 Å². The zero-order valence-electron chi connectivity index (χ0n) is 8.56. The Hall–Kier alpha value is -1.20. The van der Waals surface area contributed by atoms with Gasteiger partial charge in [-0.05, 0) is 24.9 Å². The zero-order valence-corrected chi connectivity index (χ0v) is 9.38. The van der Waals surface area contributed by atoms with Crippen LogP contribution < -0.4 is 5.32 Å². The molecule has 0 unspecified atom stereocenters. The highest BCUT2D eigenvalue weighted by Gasteiger charge is 2.05. The van der Waals surface area contributed by atoms with Crippen molar-refractivity contribution in [3.05, 3.63) is 34.1 Å². The molecule has 0 bridgehead atoms. The molecular formula is C10H13N3OS. The molecule has 2 aromatic rings. The average Bonchev–Trinajstić information content (AvgIpc) is 2.85. The van der Waals surface area contributed by atoms with Crippen LogP contribution in [0.1, 0.15) is 16.6 Å². The summed E-state index contributed by atoms with van der Waals surface area (Å²) in [6.07, 6.45) is 1.79. The number of aryl methyl sites for hydroxylation is 2. The van der Waals surface area contributed by atoms with E-state index in [4.69, 9.17) is 4.52 Å². The van der Waals surface area contributed by atoms with Crippen molar-refractivity contribution in [3.63, 3.8) is 0 Å². The van der Waals surface area contributed by atoms with E-state index in [1.807, 2.05) is 7.05 Å². The van der Waals surface area contributed by atoms with Crippen LogP contribution in [0.5, 0.6) is 0 Å². The molecule has 1 N–H and O–H groups in total. The number of hydrogen-bond acceptors (Lipinski definition) is 5. The van der Waals surface area contributed by atoms with E-state index in [2.05, 4.69) is 33.0 Å². The number of rotatable bonds is 5. The van der Waals surface area contributed by atoms with E-state index in [-0.39, 0.29) is 0 Å². The quantitative estimate of drug-likeness (QED) is 0.837. The Kier molecular flexibility index (Phi) is 3.47. The predicted molar refractivity (Wildman–Crippen MR) is 58.8 cm³/mol. The van der Waals surface area contributed by atoms with Gasteiger partial charge in [-0.2, -0.15) is 4.98 Å². The maximum Gasteiger partial charge on any atom is 0.227 e. The van der Waals surface area contributed by atoms with Gasteiger partial charge in [0.15, 0.2) is 5.82 Å². The van der Waals surface area contributed by atoms with Crippen molar-refractivity contribution in [1.29, 1.82) is 0 Å². The topological polar surface area (TPSA) is 51.0 Å². The molecule has 15 heavy (non-hydrogen) atoms. The van der Waals surface area contributed by atoms with Gasteiger partial charge in [0.2, 0.25) is 5.89 Å². The van der Waals surface area contributed by atoms with Crippen LogP contribution in [0.25, 0.3) is 0 Å². The fourth-order valence-corrected chi connectivity index (χ4v) is 2.02. The minimum Gasteiger partial charge on any atom is -0.339 e. The molecule has 2 aromatic heterocycles. The van der Waals surface area contributed by atoms with E-state index < -0.39 is 0 Å². The van der Waals surface area contributed by atoms with Crippen LogP contribution in [0.2, 0.25) is 0 Å². The lowest BCUT2D eigenvalue weighted by molar-refractivity contribution is 0.372. The van der Waals surface area contributed by atoms with Gasteiger partial charge in [0.25, 0.3) is 0 Å². The summed E-state index contributed by atoms with van der Waals surface area (Å²) in [5.74, 6) is 1.44. The van der Waals surface area contributed by atoms with Crippen LogP contribution in [0.3, 0.4) is 0 Å². The van der Waals surface area contributed by atoms with Crippen LogP contribution in [-0.4, -0.2) is 17.2 Å². The summed E-state index contributed by atoms with van der Waals surface area (Å²) in [6, 6.07) is 4.18. The van der Waals surface area contributed by atoms with Crippen molar-refractivity contribution < 1.29 is 4.52 Å². The Morgan fingerprint density at radius 1 is 1.47 bits per heavy atom. The standard InChI is InChI=1S/C10H13N3OS/c1-11-7-9-12-10(14-13-9)5-4-8-3-2-6-15-8/h2-3,6,11H,4-5,7H2,1H3. The summed E-state index contributed by atoms with van der Waals surface area (Å²) in [7, 11) is 1.86. The first-order valence-electron chi connectivity index (χ1n) is 4.87. The second-order valence-corrected chi connectivity index (χ2v) is 4.25. The number of aromatic nitrogens is 2. The van der Waals surface area contributed by atoms with E-state index in [1.54, 1.807) is 11.3 Å². The summed E-state index contributed by atoms with van der Waals surface area (Å²) < 4.78 is 5.12. The maximum atomic E-state index is 5.12. The summed E-state index contributed by atoms with van der Waals surface area (Å²) in [6.45, 7) is 0.655. The smallest absolute Gasteiger partial charge is 0.227 e. The summed E-state index contributed by atoms with van der Waals surface area (Å²) >= 11 is 1.76. The molecular weight excluding hydrogens is 210 g/mol. The third-order valence-corrected chi connectivity index (χ3v) is 2.95. The second kappa shape index (κ2) is 5.04. The molecule has 0 aliphatic rings. The van der Waals surface area contributed by atoms with Gasteiger partial charge < -0.3 is 9.84 Å². The van der Waals surface area contributed by atoms with Crippen molar-refractivity contribution in [2.24, 2.45) is 0 Å². The molecule has 0 saturated heterocycles. The average molecular weight is 223 g/mol. The Bertz CT molecular complexity index is 396. The number of hydrogen-bond donors (Lipinski definition) is 1. The first-order chi connectivity index (χ1) is 7.38. The molecule has 80 valence electrons. The highest BCUT2D eigenvalue weighted by Crippen LogP contribution is 2.11. The number of nitrogens with one attached hydrogen (secondary N) is 1. The van der Waals surface area contributed by atoms with Gasteiger partial charge in [0.1, 0.15) is 0 Å². The van der Waals surface area contributed by atoms with Gasteiger partial charge in [-0.25, -0.2) is 0 Å². The highest BCUT2D eigenvalue weighted by molar-refractivity contribution is 7.09. The molecule has 0 aliphatic heterocycles. The third kappa shape index (κ3) is 2.87. The van der Waals surface area contributed by atoms with Crippen molar-refractivity contribution in [2.45, 2.75) is 19.4 Å². The predicted octanol–water partition coefficient (Wildman–Crippen LogP) is 1.64. The molecule has 5 heteroatoms. The maximum absolute atomic E-state index is 5.12. The molecule has 0 amide bonds. The molecule has 2 heterocycles. The van der Waals surface area contributed by atoms with E-state index in [0.717, 1.165) is 18.7 Å². The van der Waals surface area contributed by atoms with Gasteiger partial charge >= 0.3 is 0 Å². The number of nitrogens with zero attached hydrogens (tertiary/aromatic N) is 2. The fourth-order valence-electron chi connectivity index (χ4n) is 1.31. The Balaban J connectivity index is 1.88. The van der Waals surface area contributed by atoms with Crippen LogP contribution >= 0.6 is 11.3 Å². The van der Waals surface area contributed by atoms with Crippen molar-refractivity contribution in [2.75, 3.05) is 7.05 Å². The molecule has 0 spiro atoms. The first-order valence-corrected chi connectivity index (χ1v) is 5.75. The summed E-state index contributed by atoms with van der Waals surface area (Å²) in [5, 5.41) is 8.92. The zero-order chi connectivity index (χ0) is 10.5. The Morgan fingerprint density at radius 2 is 2.40 bits per heavy atom. The molecule has 0 aromatic carbocycles. The van der Waals surface area contributed by atoms with Crippen molar-refractivity contribution >= 4 is 11.3 Å².